The van der Waals surface area contributed by atoms with E-state index in [0.29, 0.717) is 23.2 Å². The molecule has 154 valence electrons. The predicted octanol–water partition coefficient (Wildman–Crippen LogP) is 3.79. The highest BCUT2D eigenvalue weighted by atomic mass is 16.7. The van der Waals surface area contributed by atoms with E-state index < -0.39 is 0 Å². The van der Waals surface area contributed by atoms with Crippen molar-refractivity contribution in [3.05, 3.63) is 48.0 Å². The number of nitrogens with zero attached hydrogens (tertiary/aromatic N) is 1. The number of aromatic hydroxyl groups is 1. The molecule has 0 aromatic heterocycles. The first kappa shape index (κ1) is 19.6. The third-order valence-electron chi connectivity index (χ3n) is 5.99. The second kappa shape index (κ2) is 8.74. The molecule has 0 aliphatic carbocycles. The number of likely N-dealkylation sites (tertiary alicyclic amines) is 1. The molecule has 0 spiro atoms. The Morgan fingerprint density at radius 3 is 2.62 bits per heavy atom. The lowest BCUT2D eigenvalue weighted by Crippen LogP contribution is -2.46. The molecular weight excluding hydrogens is 368 g/mol. The van der Waals surface area contributed by atoms with Crippen LogP contribution in [0.25, 0.3) is 0 Å². The van der Waals surface area contributed by atoms with Gasteiger partial charge in [-0.3, -0.25) is 9.69 Å². The predicted molar refractivity (Wildman–Crippen MR) is 111 cm³/mol. The average Bonchev–Trinajstić information content (AvgIpc) is 3.21. The molecule has 6 heteroatoms. The molecule has 1 unspecified atom stereocenters. The number of phenolic OH excluding ortho intramolecular Hbond substituents is 1. The van der Waals surface area contributed by atoms with Crippen molar-refractivity contribution < 1.29 is 19.4 Å². The quantitative estimate of drug-likeness (QED) is 0.777. The lowest BCUT2D eigenvalue weighted by molar-refractivity contribution is -0.121. The number of phenols is 1. The van der Waals surface area contributed by atoms with Gasteiger partial charge < -0.3 is 19.9 Å². The summed E-state index contributed by atoms with van der Waals surface area (Å²) in [7, 11) is 0. The maximum atomic E-state index is 12.7. The molecule has 1 fully saturated rings. The van der Waals surface area contributed by atoms with E-state index in [1.807, 2.05) is 37.3 Å². The number of hydrogen-bond acceptors (Lipinski definition) is 5. The Hall–Kier alpha value is -2.73. The van der Waals surface area contributed by atoms with Crippen LogP contribution in [0.1, 0.15) is 31.7 Å². The average molecular weight is 396 g/mol. The summed E-state index contributed by atoms with van der Waals surface area (Å²) in [5.74, 6) is 2.39. The summed E-state index contributed by atoms with van der Waals surface area (Å²) in [5, 5.41) is 12.4. The number of piperidine rings is 1. The SMILES string of the molecule is CC(C(=O)Nc1ccc2c(c1)OCO2)N1CCC(CCc2ccc(O)cc2)CC1. The lowest BCUT2D eigenvalue weighted by Gasteiger charge is -2.35. The number of ether oxygens (including phenoxy) is 2. The number of carbonyl (C=O) groups excluding carboxylic acids is 1. The zero-order chi connectivity index (χ0) is 20.2. The topological polar surface area (TPSA) is 71.0 Å². The van der Waals surface area contributed by atoms with Gasteiger partial charge in [0, 0.05) is 11.8 Å². The van der Waals surface area contributed by atoms with E-state index in [4.69, 9.17) is 9.47 Å². The van der Waals surface area contributed by atoms with Crippen LogP contribution < -0.4 is 14.8 Å². The highest BCUT2D eigenvalue weighted by Gasteiger charge is 2.27. The summed E-state index contributed by atoms with van der Waals surface area (Å²) < 4.78 is 10.7. The van der Waals surface area contributed by atoms with Crippen molar-refractivity contribution in [1.29, 1.82) is 0 Å². The first-order valence-electron chi connectivity index (χ1n) is 10.3. The fourth-order valence-corrected chi connectivity index (χ4v) is 4.05. The zero-order valence-electron chi connectivity index (χ0n) is 16.8. The molecule has 0 radical (unpaired) electrons. The number of carbonyl (C=O) groups is 1. The molecule has 6 nitrogen and oxygen atoms in total. The van der Waals surface area contributed by atoms with E-state index in [0.717, 1.165) is 44.5 Å². The Kier molecular flexibility index (Phi) is 5.90. The molecule has 1 amide bonds. The molecule has 0 bridgehead atoms. The van der Waals surface area contributed by atoms with Crippen LogP contribution in [0, 0.1) is 5.92 Å². The zero-order valence-corrected chi connectivity index (χ0v) is 16.8. The molecule has 2 aromatic rings. The first-order chi connectivity index (χ1) is 14.1. The van der Waals surface area contributed by atoms with Gasteiger partial charge in [-0.15, -0.1) is 0 Å². The van der Waals surface area contributed by atoms with E-state index in [9.17, 15) is 9.90 Å². The Balaban J connectivity index is 1.23. The van der Waals surface area contributed by atoms with Crippen molar-refractivity contribution in [3.8, 4) is 17.2 Å². The van der Waals surface area contributed by atoms with Crippen molar-refractivity contribution in [3.63, 3.8) is 0 Å². The molecule has 2 aliphatic rings. The van der Waals surface area contributed by atoms with E-state index >= 15 is 0 Å². The monoisotopic (exact) mass is 396 g/mol. The first-order valence-corrected chi connectivity index (χ1v) is 10.3. The van der Waals surface area contributed by atoms with Gasteiger partial charge in [-0.25, -0.2) is 0 Å². The minimum Gasteiger partial charge on any atom is -0.508 e. The van der Waals surface area contributed by atoms with Crippen LogP contribution >= 0.6 is 0 Å². The Bertz CT molecular complexity index is 844. The molecule has 0 saturated carbocycles. The number of aryl methyl sites for hydroxylation is 1. The number of benzene rings is 2. The van der Waals surface area contributed by atoms with Gasteiger partial charge in [-0.05, 0) is 81.4 Å². The normalized spacial score (nSPS) is 17.8. The van der Waals surface area contributed by atoms with Gasteiger partial charge in [0.1, 0.15) is 5.75 Å². The van der Waals surface area contributed by atoms with Crippen LogP contribution in [0.15, 0.2) is 42.5 Å². The van der Waals surface area contributed by atoms with E-state index in [-0.39, 0.29) is 18.7 Å². The van der Waals surface area contributed by atoms with Gasteiger partial charge in [0.05, 0.1) is 6.04 Å². The summed E-state index contributed by atoms with van der Waals surface area (Å²) in [6.07, 6.45) is 4.40. The van der Waals surface area contributed by atoms with Crippen LogP contribution in [0.3, 0.4) is 0 Å². The van der Waals surface area contributed by atoms with E-state index in [1.165, 1.54) is 5.56 Å². The van der Waals surface area contributed by atoms with Crippen molar-refractivity contribution >= 4 is 11.6 Å². The minimum atomic E-state index is -0.168. The maximum absolute atomic E-state index is 12.7. The summed E-state index contributed by atoms with van der Waals surface area (Å²) in [5.41, 5.74) is 2.00. The second-order valence-corrected chi connectivity index (χ2v) is 7.92. The van der Waals surface area contributed by atoms with Gasteiger partial charge in [-0.2, -0.15) is 0 Å². The third-order valence-corrected chi connectivity index (χ3v) is 5.99. The number of amides is 1. The molecule has 2 N–H and O–H groups in total. The molecule has 1 atom stereocenters. The molecule has 2 aliphatic heterocycles. The van der Waals surface area contributed by atoms with Crippen LogP contribution in [-0.4, -0.2) is 41.8 Å². The highest BCUT2D eigenvalue weighted by Crippen LogP contribution is 2.34. The molecule has 1 saturated heterocycles. The number of fused-ring (bicyclic) bond motifs is 1. The van der Waals surface area contributed by atoms with Crippen molar-refractivity contribution in [2.45, 2.75) is 38.6 Å². The summed E-state index contributed by atoms with van der Waals surface area (Å²) in [6.45, 7) is 4.08. The second-order valence-electron chi connectivity index (χ2n) is 7.92. The maximum Gasteiger partial charge on any atom is 0.241 e. The smallest absolute Gasteiger partial charge is 0.241 e. The summed E-state index contributed by atoms with van der Waals surface area (Å²) in [6, 6.07) is 12.8. The van der Waals surface area contributed by atoms with Crippen molar-refractivity contribution in [1.82, 2.24) is 4.90 Å². The fourth-order valence-electron chi connectivity index (χ4n) is 4.05. The Morgan fingerprint density at radius 2 is 1.86 bits per heavy atom. The van der Waals surface area contributed by atoms with Crippen molar-refractivity contribution in [2.24, 2.45) is 5.92 Å². The Labute approximate surface area is 171 Å². The standard InChI is InChI=1S/C23H28N2O4/c1-16(23(27)24-19-6-9-21-22(14-19)29-15-28-21)25-12-10-18(11-13-25)3-2-17-4-7-20(26)8-5-17/h4-9,14,16,18,26H,2-3,10-13,15H2,1H3,(H,24,27). The van der Waals surface area contributed by atoms with E-state index in [1.54, 1.807) is 12.1 Å². The largest absolute Gasteiger partial charge is 0.508 e. The van der Waals surface area contributed by atoms with Gasteiger partial charge in [0.25, 0.3) is 0 Å². The lowest BCUT2D eigenvalue weighted by atomic mass is 9.90. The van der Waals surface area contributed by atoms with Crippen LogP contribution in [0.5, 0.6) is 17.2 Å². The van der Waals surface area contributed by atoms with Crippen LogP contribution in [0.4, 0.5) is 5.69 Å². The minimum absolute atomic E-state index is 0.00593. The molecule has 29 heavy (non-hydrogen) atoms. The molecular formula is C23H28N2O4. The highest BCUT2D eigenvalue weighted by molar-refractivity contribution is 5.94. The van der Waals surface area contributed by atoms with Gasteiger partial charge in [0.15, 0.2) is 11.5 Å². The third kappa shape index (κ3) is 4.82. The molecule has 2 heterocycles. The van der Waals surface area contributed by atoms with Gasteiger partial charge in [0.2, 0.25) is 12.7 Å². The Morgan fingerprint density at radius 1 is 1.14 bits per heavy atom. The van der Waals surface area contributed by atoms with Crippen LogP contribution in [-0.2, 0) is 11.2 Å². The van der Waals surface area contributed by atoms with Crippen LogP contribution in [0.2, 0.25) is 0 Å². The molecule has 4 rings (SSSR count). The number of hydrogen-bond donors (Lipinski definition) is 2. The van der Waals surface area contributed by atoms with Gasteiger partial charge in [-0.1, -0.05) is 12.1 Å². The van der Waals surface area contributed by atoms with E-state index in [2.05, 4.69) is 10.2 Å². The summed E-state index contributed by atoms with van der Waals surface area (Å²) in [4.78, 5) is 14.9. The number of rotatable bonds is 6. The number of anilines is 1. The fraction of sp³-hybridized carbons (Fsp3) is 0.435. The molecule has 2 aromatic carbocycles. The number of nitrogens with one attached hydrogen (secondary N) is 1. The van der Waals surface area contributed by atoms with Crippen molar-refractivity contribution in [2.75, 3.05) is 25.2 Å². The van der Waals surface area contributed by atoms with Gasteiger partial charge >= 0.3 is 0 Å². The summed E-state index contributed by atoms with van der Waals surface area (Å²) >= 11 is 0.